The molecular weight excluding hydrogens is 330 g/mol. The third-order valence-corrected chi connectivity index (χ3v) is 4.61. The summed E-state index contributed by atoms with van der Waals surface area (Å²) in [6.07, 6.45) is 6.74. The van der Waals surface area contributed by atoms with Gasteiger partial charge in [0.15, 0.2) is 0 Å². The van der Waals surface area contributed by atoms with Gasteiger partial charge < -0.3 is 20.3 Å². The third-order valence-electron chi connectivity index (χ3n) is 4.61. The summed E-state index contributed by atoms with van der Waals surface area (Å²) in [5, 5.41) is 23.5. The molecule has 1 aliphatic rings. The molecule has 0 heterocycles. The van der Waals surface area contributed by atoms with Crippen molar-refractivity contribution in [2.24, 2.45) is 0 Å². The van der Waals surface area contributed by atoms with Gasteiger partial charge in [0.05, 0.1) is 0 Å². The van der Waals surface area contributed by atoms with Gasteiger partial charge in [-0.25, -0.2) is 0 Å². The molecule has 0 aromatic heterocycles. The number of benzene rings is 1. The molecule has 1 fully saturated rings. The zero-order valence-corrected chi connectivity index (χ0v) is 15.1. The minimum absolute atomic E-state index is 0.0611. The summed E-state index contributed by atoms with van der Waals surface area (Å²) in [6.45, 7) is 0.514. The number of carboxylic acids is 1. The second-order valence-electron chi connectivity index (χ2n) is 6.86. The highest BCUT2D eigenvalue weighted by molar-refractivity contribution is 5.94. The molecule has 1 aromatic carbocycles. The molecule has 0 aliphatic heterocycles. The summed E-state index contributed by atoms with van der Waals surface area (Å²) in [4.78, 5) is 22.4. The molecule has 26 heavy (non-hydrogen) atoms. The van der Waals surface area contributed by atoms with Crippen molar-refractivity contribution in [2.45, 2.75) is 63.4 Å². The Morgan fingerprint density at radius 2 is 1.77 bits per heavy atom. The fourth-order valence-corrected chi connectivity index (χ4v) is 3.03. The van der Waals surface area contributed by atoms with Gasteiger partial charge in [-0.1, -0.05) is 24.7 Å². The van der Waals surface area contributed by atoms with Gasteiger partial charge in [-0.3, -0.25) is 4.79 Å². The molecule has 0 bridgehead atoms. The summed E-state index contributed by atoms with van der Waals surface area (Å²) in [7, 11) is 0. The second kappa shape index (κ2) is 9.98. The molecule has 1 amide bonds. The lowest BCUT2D eigenvalue weighted by Crippen LogP contribution is -2.29. The number of aliphatic carboxylic acids is 1. The molecule has 1 aromatic rings. The van der Waals surface area contributed by atoms with Crippen LogP contribution < -0.4 is 10.4 Å². The van der Waals surface area contributed by atoms with Gasteiger partial charge in [-0.2, -0.15) is 0 Å². The fourth-order valence-electron chi connectivity index (χ4n) is 3.03. The Bertz CT molecular complexity index is 663. The van der Waals surface area contributed by atoms with Crippen molar-refractivity contribution in [3.8, 4) is 11.8 Å². The highest BCUT2D eigenvalue weighted by atomic mass is 16.4. The quantitative estimate of drug-likeness (QED) is 0.576. The van der Waals surface area contributed by atoms with Gasteiger partial charge in [-0.05, 0) is 69.2 Å². The smallest absolute Gasteiger partial charge is 0.251 e. The van der Waals surface area contributed by atoms with Crippen LogP contribution >= 0.6 is 0 Å². The molecule has 1 saturated carbocycles. The van der Waals surface area contributed by atoms with Gasteiger partial charge in [0.1, 0.15) is 5.60 Å². The molecule has 140 valence electrons. The number of aliphatic hydroxyl groups is 1. The van der Waals surface area contributed by atoms with Crippen molar-refractivity contribution < 1.29 is 19.8 Å². The predicted octanol–water partition coefficient (Wildman–Crippen LogP) is 1.77. The Kier molecular flexibility index (Phi) is 7.68. The van der Waals surface area contributed by atoms with E-state index in [2.05, 4.69) is 17.2 Å². The number of amides is 1. The van der Waals surface area contributed by atoms with E-state index in [1.807, 2.05) is 0 Å². The van der Waals surface area contributed by atoms with Crippen LogP contribution in [0.4, 0.5) is 0 Å². The zero-order valence-electron chi connectivity index (χ0n) is 15.1. The Morgan fingerprint density at radius 1 is 1.08 bits per heavy atom. The first-order chi connectivity index (χ1) is 12.5. The van der Waals surface area contributed by atoms with Crippen LogP contribution in [-0.2, 0) is 4.79 Å². The van der Waals surface area contributed by atoms with Crippen LogP contribution in [0.25, 0.3) is 0 Å². The Balaban J connectivity index is 1.78. The predicted molar refractivity (Wildman–Crippen MR) is 97.2 cm³/mol. The van der Waals surface area contributed by atoms with E-state index in [-0.39, 0.29) is 12.3 Å². The molecular formula is C21H26NO4-. The topological polar surface area (TPSA) is 89.5 Å². The highest BCUT2D eigenvalue weighted by Crippen LogP contribution is 2.27. The van der Waals surface area contributed by atoms with Crippen molar-refractivity contribution in [1.82, 2.24) is 5.32 Å². The van der Waals surface area contributed by atoms with Crippen LogP contribution in [0.2, 0.25) is 0 Å². The number of unbranched alkanes of at least 4 members (excludes halogenated alkanes) is 2. The first-order valence-corrected chi connectivity index (χ1v) is 9.32. The molecule has 5 nitrogen and oxygen atoms in total. The minimum atomic E-state index is -1.03. The Labute approximate surface area is 154 Å². The third kappa shape index (κ3) is 6.89. The molecule has 0 unspecified atom stereocenters. The SMILES string of the molecule is O=C([O-])CCCCCNC(=O)c1ccc(C#CC2(O)CCCCC2)cc1. The lowest BCUT2D eigenvalue weighted by molar-refractivity contribution is -0.305. The minimum Gasteiger partial charge on any atom is -0.550 e. The van der Waals surface area contributed by atoms with Gasteiger partial charge in [0, 0.05) is 23.6 Å². The lowest BCUT2D eigenvalue weighted by atomic mass is 9.85. The van der Waals surface area contributed by atoms with E-state index in [9.17, 15) is 19.8 Å². The maximum atomic E-state index is 12.1. The van der Waals surface area contributed by atoms with E-state index >= 15 is 0 Å². The molecule has 0 saturated heterocycles. The molecule has 0 atom stereocenters. The van der Waals surface area contributed by atoms with Crippen LogP contribution in [0.15, 0.2) is 24.3 Å². The maximum absolute atomic E-state index is 12.1. The van der Waals surface area contributed by atoms with Gasteiger partial charge in [0.2, 0.25) is 0 Å². The number of carbonyl (C=O) groups is 2. The van der Waals surface area contributed by atoms with E-state index in [1.54, 1.807) is 24.3 Å². The Hall–Kier alpha value is -2.32. The standard InChI is InChI=1S/C21H27NO4/c23-19(24)7-3-1-6-16-22-20(25)18-10-8-17(9-11-18)12-15-21(26)13-4-2-5-14-21/h8-11,26H,1-7,13-14,16H2,(H,22,25)(H,23,24)/p-1. The molecule has 2 N–H and O–H groups in total. The zero-order chi connectivity index (χ0) is 18.8. The summed E-state index contributed by atoms with van der Waals surface area (Å²) >= 11 is 0. The summed E-state index contributed by atoms with van der Waals surface area (Å²) in [5.74, 6) is 4.80. The molecule has 1 aliphatic carbocycles. The van der Waals surface area contributed by atoms with Crippen molar-refractivity contribution >= 4 is 11.9 Å². The largest absolute Gasteiger partial charge is 0.550 e. The molecule has 5 heteroatoms. The van der Waals surface area contributed by atoms with E-state index in [0.29, 0.717) is 18.5 Å². The van der Waals surface area contributed by atoms with Crippen molar-refractivity contribution in [3.63, 3.8) is 0 Å². The van der Waals surface area contributed by atoms with Crippen LogP contribution in [-0.4, -0.2) is 29.1 Å². The van der Waals surface area contributed by atoms with Gasteiger partial charge in [0.25, 0.3) is 5.91 Å². The summed E-state index contributed by atoms with van der Waals surface area (Å²) < 4.78 is 0. The van der Waals surface area contributed by atoms with Crippen LogP contribution in [0, 0.1) is 11.8 Å². The molecule has 0 radical (unpaired) electrons. The number of hydrogen-bond donors (Lipinski definition) is 2. The van der Waals surface area contributed by atoms with Gasteiger partial charge >= 0.3 is 0 Å². The van der Waals surface area contributed by atoms with E-state index in [0.717, 1.165) is 50.5 Å². The monoisotopic (exact) mass is 356 g/mol. The lowest BCUT2D eigenvalue weighted by Gasteiger charge is -2.26. The number of carboxylic acid groups (broad SMARTS) is 1. The average Bonchev–Trinajstić information content (AvgIpc) is 2.63. The number of carbonyl (C=O) groups excluding carboxylic acids is 2. The normalized spacial score (nSPS) is 15.6. The van der Waals surface area contributed by atoms with Crippen molar-refractivity contribution in [1.29, 1.82) is 0 Å². The van der Waals surface area contributed by atoms with Crippen molar-refractivity contribution in [3.05, 3.63) is 35.4 Å². The maximum Gasteiger partial charge on any atom is 0.251 e. The fraction of sp³-hybridized carbons (Fsp3) is 0.524. The number of nitrogens with one attached hydrogen (secondary N) is 1. The van der Waals surface area contributed by atoms with Crippen LogP contribution in [0.5, 0.6) is 0 Å². The average molecular weight is 356 g/mol. The van der Waals surface area contributed by atoms with Crippen LogP contribution in [0.1, 0.15) is 73.7 Å². The van der Waals surface area contributed by atoms with E-state index in [1.165, 1.54) is 0 Å². The van der Waals surface area contributed by atoms with E-state index < -0.39 is 11.6 Å². The highest BCUT2D eigenvalue weighted by Gasteiger charge is 2.26. The van der Waals surface area contributed by atoms with Crippen LogP contribution in [0.3, 0.4) is 0 Å². The van der Waals surface area contributed by atoms with E-state index in [4.69, 9.17) is 0 Å². The van der Waals surface area contributed by atoms with Crippen molar-refractivity contribution in [2.75, 3.05) is 6.54 Å². The first kappa shape index (κ1) is 20.0. The summed E-state index contributed by atoms with van der Waals surface area (Å²) in [6, 6.07) is 7.02. The Morgan fingerprint density at radius 3 is 2.42 bits per heavy atom. The number of rotatable bonds is 7. The second-order valence-corrected chi connectivity index (χ2v) is 6.86. The molecule has 2 rings (SSSR count). The first-order valence-electron chi connectivity index (χ1n) is 9.32. The molecule has 0 spiro atoms. The van der Waals surface area contributed by atoms with Gasteiger partial charge in [-0.15, -0.1) is 0 Å². The summed E-state index contributed by atoms with van der Waals surface area (Å²) in [5.41, 5.74) is 0.467. The number of hydrogen-bond acceptors (Lipinski definition) is 4.